The van der Waals surface area contributed by atoms with Gasteiger partial charge in [-0.05, 0) is 66.9 Å². The lowest BCUT2D eigenvalue weighted by Crippen LogP contribution is -2.32. The Morgan fingerprint density at radius 2 is 1.54 bits per heavy atom. The summed E-state index contributed by atoms with van der Waals surface area (Å²) >= 11 is 0. The fourth-order valence-corrected chi connectivity index (χ4v) is 3.09. The van der Waals surface area contributed by atoms with Crippen molar-refractivity contribution in [3.63, 3.8) is 0 Å². The topological polar surface area (TPSA) is 118 Å². The number of ether oxygens (including phenoxy) is 2. The molecule has 0 aromatic heterocycles. The molecule has 3 amide bonds. The molecule has 0 radical (unpaired) electrons. The fourth-order valence-electron chi connectivity index (χ4n) is 3.09. The Hall–Kier alpha value is -4.66. The van der Waals surface area contributed by atoms with Gasteiger partial charge < -0.3 is 20.1 Å². The summed E-state index contributed by atoms with van der Waals surface area (Å²) < 4.78 is 10.6. The third kappa shape index (κ3) is 7.43. The first kappa shape index (κ1) is 25.0. The molecule has 0 spiro atoms. The molecule has 180 valence electrons. The summed E-state index contributed by atoms with van der Waals surface area (Å²) in [4.78, 5) is 36.2. The van der Waals surface area contributed by atoms with Gasteiger partial charge in [0.05, 0.1) is 13.3 Å². The summed E-state index contributed by atoms with van der Waals surface area (Å²) in [5.74, 6) is -0.989. The zero-order chi connectivity index (χ0) is 25.2. The van der Waals surface area contributed by atoms with Gasteiger partial charge in [-0.2, -0.15) is 5.10 Å². The van der Waals surface area contributed by atoms with Gasteiger partial charge in [-0.25, -0.2) is 5.43 Å². The molecule has 0 heterocycles. The Kier molecular flexibility index (Phi) is 8.55. The van der Waals surface area contributed by atoms with Crippen molar-refractivity contribution in [1.82, 2.24) is 5.43 Å². The second kappa shape index (κ2) is 12.0. The number of benzene rings is 3. The number of nitrogens with one attached hydrogen (secondary N) is 3. The first-order valence-corrected chi connectivity index (χ1v) is 10.7. The molecule has 3 aromatic rings. The number of methoxy groups -OCH3 is 1. The van der Waals surface area contributed by atoms with E-state index < -0.39 is 11.8 Å². The molecule has 35 heavy (non-hydrogen) atoms. The summed E-state index contributed by atoms with van der Waals surface area (Å²) in [6.07, 6.45) is 1.38. The van der Waals surface area contributed by atoms with Gasteiger partial charge in [0.15, 0.2) is 6.61 Å². The highest BCUT2D eigenvalue weighted by molar-refractivity contribution is 6.39. The molecule has 3 aromatic carbocycles. The third-order valence-corrected chi connectivity index (χ3v) is 4.91. The van der Waals surface area contributed by atoms with Crippen LogP contribution in [-0.2, 0) is 14.4 Å². The van der Waals surface area contributed by atoms with E-state index >= 15 is 0 Å². The lowest BCUT2D eigenvalue weighted by Gasteiger charge is -2.12. The predicted octanol–water partition coefficient (Wildman–Crippen LogP) is 3.42. The van der Waals surface area contributed by atoms with E-state index in [4.69, 9.17) is 9.47 Å². The molecule has 0 aliphatic carbocycles. The minimum Gasteiger partial charge on any atom is -0.497 e. The van der Waals surface area contributed by atoms with Crippen LogP contribution in [-0.4, -0.2) is 37.7 Å². The number of para-hydroxylation sites is 1. The van der Waals surface area contributed by atoms with Gasteiger partial charge in [0.25, 0.3) is 5.91 Å². The number of carbonyl (C=O) groups is 3. The van der Waals surface area contributed by atoms with Crippen LogP contribution in [0.3, 0.4) is 0 Å². The molecule has 0 aliphatic heterocycles. The number of anilines is 2. The van der Waals surface area contributed by atoms with Gasteiger partial charge in [0, 0.05) is 17.4 Å². The van der Waals surface area contributed by atoms with Gasteiger partial charge in [-0.1, -0.05) is 24.3 Å². The van der Waals surface area contributed by atoms with E-state index in [2.05, 4.69) is 21.2 Å². The van der Waals surface area contributed by atoms with Crippen molar-refractivity contribution in [3.8, 4) is 11.5 Å². The number of hydrogen-bond acceptors (Lipinski definition) is 6. The van der Waals surface area contributed by atoms with Crippen molar-refractivity contribution in [1.29, 1.82) is 0 Å². The monoisotopic (exact) mass is 474 g/mol. The molecule has 0 fully saturated rings. The van der Waals surface area contributed by atoms with Crippen LogP contribution in [0.1, 0.15) is 16.7 Å². The fraction of sp³-hybridized carbons (Fsp3) is 0.154. The second-order valence-corrected chi connectivity index (χ2v) is 7.56. The predicted molar refractivity (Wildman–Crippen MR) is 134 cm³/mol. The van der Waals surface area contributed by atoms with Gasteiger partial charge in [0.2, 0.25) is 0 Å². The van der Waals surface area contributed by atoms with Crippen LogP contribution in [0.5, 0.6) is 11.5 Å². The van der Waals surface area contributed by atoms with E-state index in [1.54, 1.807) is 48.5 Å². The second-order valence-electron chi connectivity index (χ2n) is 7.56. The molecule has 0 aliphatic rings. The van der Waals surface area contributed by atoms with E-state index in [1.807, 2.05) is 32.0 Å². The summed E-state index contributed by atoms with van der Waals surface area (Å²) in [7, 11) is 1.51. The van der Waals surface area contributed by atoms with Crippen molar-refractivity contribution < 1.29 is 23.9 Å². The van der Waals surface area contributed by atoms with Gasteiger partial charge in [-0.15, -0.1) is 0 Å². The molecule has 0 bridgehead atoms. The van der Waals surface area contributed by atoms with Crippen molar-refractivity contribution in [2.75, 3.05) is 24.4 Å². The minimum atomic E-state index is -0.918. The highest BCUT2D eigenvalue weighted by Gasteiger charge is 2.13. The number of nitrogens with zero attached hydrogens (tertiary/aromatic N) is 1. The van der Waals surface area contributed by atoms with Crippen molar-refractivity contribution in [3.05, 3.63) is 83.4 Å². The highest BCUT2D eigenvalue weighted by Crippen LogP contribution is 2.19. The SMILES string of the molecule is COc1cccc(NC(=O)C(=O)N/N=C\c2ccc(OCC(=O)Nc3c(C)cccc3C)cc2)c1. The normalized spacial score (nSPS) is 10.5. The Balaban J connectivity index is 1.45. The third-order valence-electron chi connectivity index (χ3n) is 4.91. The molecule has 0 atom stereocenters. The summed E-state index contributed by atoms with van der Waals surface area (Å²) in [6.45, 7) is 3.72. The number of hydrogen-bond donors (Lipinski definition) is 3. The molecule has 0 saturated carbocycles. The number of aryl methyl sites for hydroxylation is 2. The standard InChI is InChI=1S/C26H26N4O5/c1-17-6-4-7-18(2)24(17)29-23(31)16-35-21-12-10-19(11-13-21)15-27-30-26(33)25(32)28-20-8-5-9-22(14-20)34-3/h4-15H,16H2,1-3H3,(H,28,32)(H,29,31)(H,30,33)/b27-15-. The van der Waals surface area contributed by atoms with Crippen LogP contribution in [0.25, 0.3) is 0 Å². The molecule has 0 saturated heterocycles. The Bertz CT molecular complexity index is 1220. The van der Waals surface area contributed by atoms with Crippen molar-refractivity contribution >= 4 is 35.3 Å². The zero-order valence-electron chi connectivity index (χ0n) is 19.6. The first-order valence-electron chi connectivity index (χ1n) is 10.7. The smallest absolute Gasteiger partial charge is 0.329 e. The van der Waals surface area contributed by atoms with Gasteiger partial charge >= 0.3 is 11.8 Å². The first-order chi connectivity index (χ1) is 16.9. The lowest BCUT2D eigenvalue weighted by molar-refractivity contribution is -0.136. The Morgan fingerprint density at radius 3 is 2.23 bits per heavy atom. The van der Waals surface area contributed by atoms with E-state index in [-0.39, 0.29) is 12.5 Å². The van der Waals surface area contributed by atoms with Crippen LogP contribution >= 0.6 is 0 Å². The maximum Gasteiger partial charge on any atom is 0.329 e. The molecular formula is C26H26N4O5. The lowest BCUT2D eigenvalue weighted by atomic mass is 10.1. The maximum absolute atomic E-state index is 12.2. The summed E-state index contributed by atoms with van der Waals surface area (Å²) in [6, 6.07) is 19.2. The maximum atomic E-state index is 12.2. The number of carbonyl (C=O) groups excluding carboxylic acids is 3. The molecular weight excluding hydrogens is 448 g/mol. The van der Waals surface area contributed by atoms with Gasteiger partial charge in [0.1, 0.15) is 11.5 Å². The van der Waals surface area contributed by atoms with E-state index in [1.165, 1.54) is 13.3 Å². The van der Waals surface area contributed by atoms with Crippen LogP contribution in [0.2, 0.25) is 0 Å². The van der Waals surface area contributed by atoms with Crippen LogP contribution < -0.4 is 25.5 Å². The number of hydrazone groups is 1. The summed E-state index contributed by atoms with van der Waals surface area (Å²) in [5.41, 5.74) is 5.99. The van der Waals surface area contributed by atoms with Crippen LogP contribution in [0.15, 0.2) is 71.8 Å². The van der Waals surface area contributed by atoms with E-state index in [9.17, 15) is 14.4 Å². The molecule has 3 rings (SSSR count). The number of amides is 3. The average molecular weight is 475 g/mol. The Morgan fingerprint density at radius 1 is 0.857 bits per heavy atom. The highest BCUT2D eigenvalue weighted by atomic mass is 16.5. The minimum absolute atomic E-state index is 0.139. The number of rotatable bonds is 8. The van der Waals surface area contributed by atoms with Gasteiger partial charge in [-0.3, -0.25) is 14.4 Å². The summed E-state index contributed by atoms with van der Waals surface area (Å²) in [5, 5.41) is 9.12. The van der Waals surface area contributed by atoms with Crippen LogP contribution in [0, 0.1) is 13.8 Å². The van der Waals surface area contributed by atoms with Crippen molar-refractivity contribution in [2.45, 2.75) is 13.8 Å². The average Bonchev–Trinajstić information content (AvgIpc) is 2.86. The molecule has 9 heteroatoms. The Labute approximate surface area is 203 Å². The van der Waals surface area contributed by atoms with Crippen molar-refractivity contribution in [2.24, 2.45) is 5.10 Å². The van der Waals surface area contributed by atoms with E-state index in [0.29, 0.717) is 22.7 Å². The zero-order valence-corrected chi connectivity index (χ0v) is 19.6. The quantitative estimate of drug-likeness (QED) is 0.263. The largest absolute Gasteiger partial charge is 0.497 e. The molecule has 0 unspecified atom stereocenters. The molecule has 3 N–H and O–H groups in total. The van der Waals surface area contributed by atoms with Crippen LogP contribution in [0.4, 0.5) is 11.4 Å². The molecule has 9 nitrogen and oxygen atoms in total. The van der Waals surface area contributed by atoms with E-state index in [0.717, 1.165) is 16.8 Å².